The van der Waals surface area contributed by atoms with Crippen LogP contribution in [0, 0.1) is 6.92 Å². The highest BCUT2D eigenvalue weighted by Crippen LogP contribution is 2.20. The van der Waals surface area contributed by atoms with Gasteiger partial charge in [-0.15, -0.1) is 0 Å². The number of nitrogens with zero attached hydrogens (tertiary/aromatic N) is 1. The monoisotopic (exact) mass is 217 g/mol. The van der Waals surface area contributed by atoms with Crippen LogP contribution >= 0.6 is 0 Å². The summed E-state index contributed by atoms with van der Waals surface area (Å²) in [5.74, 6) is 0.412. The molecule has 1 aliphatic rings. The van der Waals surface area contributed by atoms with Crippen molar-refractivity contribution < 1.29 is 4.79 Å². The third kappa shape index (κ3) is 2.50. The van der Waals surface area contributed by atoms with E-state index in [1.807, 2.05) is 0 Å². The molecule has 1 aromatic rings. The first-order valence-corrected chi connectivity index (χ1v) is 5.95. The molecule has 0 bridgehead atoms. The molecular formula is C14H19NO. The fourth-order valence-electron chi connectivity index (χ4n) is 2.47. The molecule has 0 spiro atoms. The second-order valence-corrected chi connectivity index (χ2v) is 4.78. The molecule has 1 aromatic carbocycles. The maximum absolute atomic E-state index is 11.6. The van der Waals surface area contributed by atoms with E-state index < -0.39 is 0 Å². The van der Waals surface area contributed by atoms with E-state index in [0.29, 0.717) is 5.78 Å². The summed E-state index contributed by atoms with van der Waals surface area (Å²) in [7, 11) is 2.05. The Morgan fingerprint density at radius 1 is 1.44 bits per heavy atom. The van der Waals surface area contributed by atoms with Gasteiger partial charge < -0.3 is 0 Å². The van der Waals surface area contributed by atoms with Gasteiger partial charge in [0.1, 0.15) is 5.78 Å². The van der Waals surface area contributed by atoms with Gasteiger partial charge in [-0.25, -0.2) is 0 Å². The maximum atomic E-state index is 11.6. The van der Waals surface area contributed by atoms with E-state index in [2.05, 4.69) is 43.1 Å². The number of carbonyl (C=O) groups excluding carboxylic acids is 1. The van der Waals surface area contributed by atoms with Crippen molar-refractivity contribution in [3.63, 3.8) is 0 Å². The second-order valence-electron chi connectivity index (χ2n) is 4.78. The van der Waals surface area contributed by atoms with E-state index in [1.165, 1.54) is 11.1 Å². The van der Waals surface area contributed by atoms with Gasteiger partial charge in [-0.05, 0) is 32.4 Å². The molecule has 16 heavy (non-hydrogen) atoms. The lowest BCUT2D eigenvalue weighted by molar-refractivity contribution is -0.121. The van der Waals surface area contributed by atoms with Crippen LogP contribution in [-0.4, -0.2) is 23.8 Å². The van der Waals surface area contributed by atoms with Crippen molar-refractivity contribution in [3.05, 3.63) is 35.4 Å². The molecule has 0 saturated heterocycles. The molecular weight excluding hydrogens is 198 g/mol. The Hall–Kier alpha value is -1.15. The number of Topliss-reactive ketones (excluding diaryl/α,β-unsaturated/α-hetero) is 1. The number of aryl methyl sites for hydroxylation is 1. The Labute approximate surface area is 97.3 Å². The summed E-state index contributed by atoms with van der Waals surface area (Å²) >= 11 is 0. The molecule has 86 valence electrons. The molecule has 0 radical (unpaired) electrons. The van der Waals surface area contributed by atoms with Crippen LogP contribution in [0.15, 0.2) is 24.3 Å². The highest BCUT2D eigenvalue weighted by Gasteiger charge is 2.27. The van der Waals surface area contributed by atoms with Crippen molar-refractivity contribution in [2.75, 3.05) is 7.05 Å². The molecule has 0 N–H and O–H groups in total. The molecule has 1 atom stereocenters. The minimum atomic E-state index is 0.153. The van der Waals surface area contributed by atoms with Crippen molar-refractivity contribution in [1.29, 1.82) is 0 Å². The van der Waals surface area contributed by atoms with Crippen molar-refractivity contribution in [1.82, 2.24) is 4.90 Å². The van der Waals surface area contributed by atoms with Crippen LogP contribution in [0.25, 0.3) is 0 Å². The van der Waals surface area contributed by atoms with Gasteiger partial charge >= 0.3 is 0 Å². The third-order valence-electron chi connectivity index (χ3n) is 3.32. The Morgan fingerprint density at radius 3 is 2.88 bits per heavy atom. The Kier molecular flexibility index (Phi) is 3.39. The number of hydrogen-bond acceptors (Lipinski definition) is 2. The Morgan fingerprint density at radius 2 is 2.25 bits per heavy atom. The number of carbonyl (C=O) groups is 1. The van der Waals surface area contributed by atoms with Gasteiger partial charge in [0.15, 0.2) is 0 Å². The molecule has 0 heterocycles. The molecule has 0 aliphatic heterocycles. The fourth-order valence-corrected chi connectivity index (χ4v) is 2.47. The number of likely N-dealkylation sites (N-methyl/N-ethyl adjacent to an activating group) is 1. The predicted octanol–water partition coefficient (Wildman–Crippen LogP) is 2.55. The van der Waals surface area contributed by atoms with Crippen molar-refractivity contribution >= 4 is 5.78 Å². The van der Waals surface area contributed by atoms with E-state index in [1.54, 1.807) is 0 Å². The molecule has 1 aliphatic carbocycles. The molecule has 1 unspecified atom stereocenters. The number of benzene rings is 1. The smallest absolute Gasteiger partial charge is 0.149 e. The number of rotatable bonds is 3. The zero-order valence-electron chi connectivity index (χ0n) is 10.1. The largest absolute Gasteiger partial charge is 0.298 e. The zero-order chi connectivity index (χ0) is 11.5. The van der Waals surface area contributed by atoms with Gasteiger partial charge in [-0.2, -0.15) is 0 Å². The SMILES string of the molecule is Cc1cccc(CN(C)C2CCCC2=O)c1. The van der Waals surface area contributed by atoms with Gasteiger partial charge in [-0.1, -0.05) is 29.8 Å². The van der Waals surface area contributed by atoms with E-state index in [9.17, 15) is 4.79 Å². The molecule has 0 amide bonds. The van der Waals surface area contributed by atoms with Crippen LogP contribution in [0.2, 0.25) is 0 Å². The number of hydrogen-bond donors (Lipinski definition) is 0. The summed E-state index contributed by atoms with van der Waals surface area (Å²) in [6.07, 6.45) is 2.85. The molecule has 2 nitrogen and oxygen atoms in total. The first-order chi connectivity index (χ1) is 7.66. The van der Waals surface area contributed by atoms with Crippen molar-refractivity contribution in [3.8, 4) is 0 Å². The van der Waals surface area contributed by atoms with Gasteiger partial charge in [0.25, 0.3) is 0 Å². The van der Waals surface area contributed by atoms with E-state index in [-0.39, 0.29) is 6.04 Å². The molecule has 2 rings (SSSR count). The summed E-state index contributed by atoms with van der Waals surface area (Å²) in [5, 5.41) is 0. The van der Waals surface area contributed by atoms with Gasteiger partial charge in [-0.3, -0.25) is 9.69 Å². The quantitative estimate of drug-likeness (QED) is 0.775. The van der Waals surface area contributed by atoms with Gasteiger partial charge in [0, 0.05) is 13.0 Å². The molecule has 1 saturated carbocycles. The highest BCUT2D eigenvalue weighted by molar-refractivity contribution is 5.85. The lowest BCUT2D eigenvalue weighted by Gasteiger charge is -2.22. The van der Waals surface area contributed by atoms with Crippen LogP contribution < -0.4 is 0 Å². The predicted molar refractivity (Wildman–Crippen MR) is 65.3 cm³/mol. The van der Waals surface area contributed by atoms with Crippen LogP contribution in [0.4, 0.5) is 0 Å². The molecule has 1 fully saturated rings. The Balaban J connectivity index is 2.01. The van der Waals surface area contributed by atoms with Crippen LogP contribution in [0.3, 0.4) is 0 Å². The fraction of sp³-hybridized carbons (Fsp3) is 0.500. The summed E-state index contributed by atoms with van der Waals surface area (Å²) in [6, 6.07) is 8.65. The van der Waals surface area contributed by atoms with E-state index >= 15 is 0 Å². The summed E-state index contributed by atoms with van der Waals surface area (Å²) in [5.41, 5.74) is 2.57. The van der Waals surface area contributed by atoms with E-state index in [0.717, 1.165) is 25.8 Å². The minimum absolute atomic E-state index is 0.153. The first kappa shape index (κ1) is 11.3. The van der Waals surface area contributed by atoms with Crippen molar-refractivity contribution in [2.45, 2.75) is 38.8 Å². The second kappa shape index (κ2) is 4.79. The van der Waals surface area contributed by atoms with Crippen LogP contribution in [-0.2, 0) is 11.3 Å². The standard InChI is InChI=1S/C14H19NO/c1-11-5-3-6-12(9-11)10-15(2)13-7-4-8-14(13)16/h3,5-6,9,13H,4,7-8,10H2,1-2H3. The molecule has 0 aromatic heterocycles. The summed E-state index contributed by atoms with van der Waals surface area (Å²) in [6.45, 7) is 2.97. The maximum Gasteiger partial charge on any atom is 0.149 e. The minimum Gasteiger partial charge on any atom is -0.298 e. The topological polar surface area (TPSA) is 20.3 Å². The third-order valence-corrected chi connectivity index (χ3v) is 3.32. The van der Waals surface area contributed by atoms with E-state index in [4.69, 9.17) is 0 Å². The van der Waals surface area contributed by atoms with Gasteiger partial charge in [0.2, 0.25) is 0 Å². The average molecular weight is 217 g/mol. The zero-order valence-corrected chi connectivity index (χ0v) is 10.1. The lowest BCUT2D eigenvalue weighted by atomic mass is 10.1. The Bertz CT molecular complexity index is 386. The highest BCUT2D eigenvalue weighted by atomic mass is 16.1. The van der Waals surface area contributed by atoms with Gasteiger partial charge in [0.05, 0.1) is 6.04 Å². The number of ketones is 1. The average Bonchev–Trinajstić information content (AvgIpc) is 2.64. The first-order valence-electron chi connectivity index (χ1n) is 5.95. The normalized spacial score (nSPS) is 20.7. The summed E-state index contributed by atoms with van der Waals surface area (Å²) in [4.78, 5) is 13.8. The lowest BCUT2D eigenvalue weighted by Crippen LogP contribution is -2.34. The van der Waals surface area contributed by atoms with Crippen LogP contribution in [0.5, 0.6) is 0 Å². The molecule has 2 heteroatoms. The van der Waals surface area contributed by atoms with Crippen LogP contribution in [0.1, 0.15) is 30.4 Å². The summed E-state index contributed by atoms with van der Waals surface area (Å²) < 4.78 is 0. The van der Waals surface area contributed by atoms with Crippen molar-refractivity contribution in [2.24, 2.45) is 0 Å².